The Morgan fingerprint density at radius 2 is 1.83 bits per heavy atom. The first-order chi connectivity index (χ1) is 16.8. The lowest BCUT2D eigenvalue weighted by Gasteiger charge is -2.27. The summed E-state index contributed by atoms with van der Waals surface area (Å²) in [6.07, 6.45) is 2.11. The minimum atomic E-state index is -3.52. The Bertz CT molecular complexity index is 1260. The molecule has 9 heteroatoms. The molecule has 4 rings (SSSR count). The van der Waals surface area contributed by atoms with Crippen LogP contribution in [-0.2, 0) is 14.8 Å². The van der Waals surface area contributed by atoms with E-state index in [0.717, 1.165) is 66.1 Å². The average molecular weight is 499 g/mol. The zero-order chi connectivity index (χ0) is 25.0. The Morgan fingerprint density at radius 3 is 2.51 bits per heavy atom. The van der Waals surface area contributed by atoms with Gasteiger partial charge >= 0.3 is 0 Å². The molecule has 1 amide bonds. The third-order valence-electron chi connectivity index (χ3n) is 6.52. The van der Waals surface area contributed by atoms with E-state index in [1.165, 1.54) is 19.2 Å². The lowest BCUT2D eigenvalue weighted by molar-refractivity contribution is -0.120. The Balaban J connectivity index is 1.53. The van der Waals surface area contributed by atoms with Crippen LogP contribution in [0.15, 0.2) is 52.9 Å². The molecule has 2 aromatic rings. The Labute approximate surface area is 206 Å². The third kappa shape index (κ3) is 5.87. The highest BCUT2D eigenvalue weighted by Gasteiger charge is 2.26. The first-order valence-electron chi connectivity index (χ1n) is 11.7. The van der Waals surface area contributed by atoms with Crippen molar-refractivity contribution < 1.29 is 17.6 Å². The second-order valence-corrected chi connectivity index (χ2v) is 10.6. The number of benzene rings is 2. The number of rotatable bonds is 8. The van der Waals surface area contributed by atoms with E-state index < -0.39 is 10.0 Å². The van der Waals surface area contributed by atoms with Gasteiger partial charge in [0.25, 0.3) is 0 Å². The predicted octanol–water partition coefficient (Wildman–Crippen LogP) is 2.47. The van der Waals surface area contributed by atoms with Crippen molar-refractivity contribution in [3.63, 3.8) is 0 Å². The summed E-state index contributed by atoms with van der Waals surface area (Å²) >= 11 is 0. The summed E-state index contributed by atoms with van der Waals surface area (Å²) < 4.78 is 40.4. The standard InChI is InChI=1S/C26H31FN4O3S/c1-18-23(15-19-3-6-21(7-4-19)35(33,34)28-2)22-8-5-20(27)16-25(22)24(18)17-26(32)30-11-14-31-12-9-29-10-13-31/h3-8,15-16,28-29H,9-14,17H2,1-2H3,(H,30,32). The monoisotopic (exact) mass is 498 g/mol. The highest BCUT2D eigenvalue weighted by molar-refractivity contribution is 7.89. The summed E-state index contributed by atoms with van der Waals surface area (Å²) in [5.74, 6) is -0.441. The fourth-order valence-electron chi connectivity index (χ4n) is 4.52. The predicted molar refractivity (Wildman–Crippen MR) is 136 cm³/mol. The lowest BCUT2D eigenvalue weighted by atomic mass is 10.0. The molecule has 2 aliphatic rings. The maximum Gasteiger partial charge on any atom is 0.240 e. The van der Waals surface area contributed by atoms with Crippen LogP contribution in [0.2, 0.25) is 0 Å². The van der Waals surface area contributed by atoms with Crippen molar-refractivity contribution >= 4 is 33.2 Å². The molecular formula is C26H31FN4O3S. The van der Waals surface area contributed by atoms with E-state index in [2.05, 4.69) is 20.3 Å². The van der Waals surface area contributed by atoms with Crippen LogP contribution >= 0.6 is 0 Å². The van der Waals surface area contributed by atoms with Crippen molar-refractivity contribution in [2.45, 2.75) is 18.2 Å². The number of carbonyl (C=O) groups excluding carboxylic acids is 1. The highest BCUT2D eigenvalue weighted by Crippen LogP contribution is 2.43. The van der Waals surface area contributed by atoms with Gasteiger partial charge in [-0.3, -0.25) is 9.69 Å². The number of hydrogen-bond acceptors (Lipinski definition) is 5. The minimum absolute atomic E-state index is 0.0902. The molecule has 0 bridgehead atoms. The molecule has 1 fully saturated rings. The number of sulfonamides is 1. The van der Waals surface area contributed by atoms with Crippen molar-refractivity contribution in [1.29, 1.82) is 0 Å². The van der Waals surface area contributed by atoms with Crippen LogP contribution < -0.4 is 15.4 Å². The van der Waals surface area contributed by atoms with Crippen molar-refractivity contribution in [2.75, 3.05) is 46.3 Å². The number of piperazine rings is 1. The van der Waals surface area contributed by atoms with Gasteiger partial charge in [-0.2, -0.15) is 0 Å². The van der Waals surface area contributed by atoms with Crippen LogP contribution in [0.25, 0.3) is 17.2 Å². The number of nitrogens with zero attached hydrogens (tertiary/aromatic N) is 1. The van der Waals surface area contributed by atoms with Crippen molar-refractivity contribution in [3.05, 3.63) is 70.5 Å². The molecule has 1 aliphatic carbocycles. The molecule has 0 radical (unpaired) electrons. The number of nitrogens with one attached hydrogen (secondary N) is 3. The highest BCUT2D eigenvalue weighted by atomic mass is 32.2. The lowest BCUT2D eigenvalue weighted by Crippen LogP contribution is -2.46. The van der Waals surface area contributed by atoms with E-state index in [4.69, 9.17) is 0 Å². The summed E-state index contributed by atoms with van der Waals surface area (Å²) in [6.45, 7) is 7.20. The largest absolute Gasteiger partial charge is 0.355 e. The molecule has 0 aromatic heterocycles. The zero-order valence-electron chi connectivity index (χ0n) is 20.0. The second-order valence-electron chi connectivity index (χ2n) is 8.75. The maximum absolute atomic E-state index is 14.1. The molecule has 0 spiro atoms. The van der Waals surface area contributed by atoms with Crippen LogP contribution in [0, 0.1) is 5.82 Å². The average Bonchev–Trinajstić information content (AvgIpc) is 3.10. The Hall–Kier alpha value is -2.85. The molecular weight excluding hydrogens is 467 g/mol. The number of allylic oxidation sites excluding steroid dienone is 2. The van der Waals surface area contributed by atoms with E-state index >= 15 is 0 Å². The summed E-state index contributed by atoms with van der Waals surface area (Å²) in [5, 5.41) is 6.32. The van der Waals surface area contributed by atoms with Gasteiger partial charge in [0, 0.05) is 39.3 Å². The molecule has 0 unspecified atom stereocenters. The van der Waals surface area contributed by atoms with Gasteiger partial charge in [0.05, 0.1) is 11.3 Å². The van der Waals surface area contributed by atoms with E-state index in [9.17, 15) is 17.6 Å². The van der Waals surface area contributed by atoms with Crippen LogP contribution in [-0.4, -0.2) is 65.5 Å². The summed E-state index contributed by atoms with van der Waals surface area (Å²) in [7, 11) is -2.14. The minimum Gasteiger partial charge on any atom is -0.355 e. The molecule has 1 heterocycles. The van der Waals surface area contributed by atoms with Gasteiger partial charge < -0.3 is 10.6 Å². The van der Waals surface area contributed by atoms with Crippen molar-refractivity contribution in [2.24, 2.45) is 0 Å². The number of amides is 1. The SMILES string of the molecule is CNS(=O)(=O)c1ccc(C=C2C(C)=C(CC(=O)NCCN3CCNCC3)c3cc(F)ccc32)cc1. The van der Waals surface area contributed by atoms with E-state index in [1.807, 2.05) is 13.0 Å². The van der Waals surface area contributed by atoms with Gasteiger partial charge in [0.15, 0.2) is 0 Å². The summed E-state index contributed by atoms with van der Waals surface area (Å²) in [5.41, 5.74) is 5.01. The van der Waals surface area contributed by atoms with Gasteiger partial charge in [-0.1, -0.05) is 18.2 Å². The van der Waals surface area contributed by atoms with Gasteiger partial charge in [0.1, 0.15) is 5.82 Å². The number of fused-ring (bicyclic) bond motifs is 1. The number of carbonyl (C=O) groups is 1. The molecule has 186 valence electrons. The first-order valence-corrected chi connectivity index (χ1v) is 13.2. The molecule has 1 saturated heterocycles. The number of halogens is 1. The van der Waals surface area contributed by atoms with E-state index in [-0.39, 0.29) is 23.0 Å². The van der Waals surface area contributed by atoms with Crippen LogP contribution in [0.1, 0.15) is 30.0 Å². The third-order valence-corrected chi connectivity index (χ3v) is 7.95. The quantitative estimate of drug-likeness (QED) is 0.520. The van der Waals surface area contributed by atoms with Crippen LogP contribution in [0.5, 0.6) is 0 Å². The fourth-order valence-corrected chi connectivity index (χ4v) is 5.25. The smallest absolute Gasteiger partial charge is 0.240 e. The Kier molecular flexibility index (Phi) is 7.81. The first kappa shape index (κ1) is 25.2. The molecule has 7 nitrogen and oxygen atoms in total. The summed E-state index contributed by atoms with van der Waals surface area (Å²) in [6, 6.07) is 11.2. The number of hydrogen-bond donors (Lipinski definition) is 3. The van der Waals surface area contributed by atoms with Crippen molar-refractivity contribution in [1.82, 2.24) is 20.3 Å². The maximum atomic E-state index is 14.1. The topological polar surface area (TPSA) is 90.5 Å². The van der Waals surface area contributed by atoms with Crippen molar-refractivity contribution in [3.8, 4) is 0 Å². The Morgan fingerprint density at radius 1 is 1.11 bits per heavy atom. The van der Waals surface area contributed by atoms with Gasteiger partial charge in [0.2, 0.25) is 15.9 Å². The molecule has 2 aromatic carbocycles. The van der Waals surface area contributed by atoms with E-state index in [1.54, 1.807) is 30.3 Å². The fraction of sp³-hybridized carbons (Fsp3) is 0.346. The molecule has 0 saturated carbocycles. The molecule has 35 heavy (non-hydrogen) atoms. The van der Waals surface area contributed by atoms with Gasteiger partial charge in [-0.15, -0.1) is 0 Å². The molecule has 1 aliphatic heterocycles. The van der Waals surface area contributed by atoms with Gasteiger partial charge in [-0.25, -0.2) is 17.5 Å². The summed E-state index contributed by atoms with van der Waals surface area (Å²) in [4.78, 5) is 15.3. The second kappa shape index (κ2) is 10.8. The van der Waals surface area contributed by atoms with E-state index in [0.29, 0.717) is 6.54 Å². The zero-order valence-corrected chi connectivity index (χ0v) is 20.8. The molecule has 0 atom stereocenters. The molecule has 3 N–H and O–H groups in total. The van der Waals surface area contributed by atoms with Gasteiger partial charge in [-0.05, 0) is 77.7 Å². The normalized spacial score (nSPS) is 17.6. The van der Waals surface area contributed by atoms with Crippen LogP contribution in [0.4, 0.5) is 4.39 Å². The van der Waals surface area contributed by atoms with Crippen LogP contribution in [0.3, 0.4) is 0 Å².